The van der Waals surface area contributed by atoms with Gasteiger partial charge in [0.25, 0.3) is 0 Å². The van der Waals surface area contributed by atoms with Gasteiger partial charge in [0.05, 0.1) is 0 Å². The molecule has 0 saturated carbocycles. The summed E-state index contributed by atoms with van der Waals surface area (Å²) in [5.41, 5.74) is 2.58. The molecular formula is C18H15NO. The number of rotatable bonds is 3. The lowest BCUT2D eigenvalue weighted by atomic mass is 9.94. The van der Waals surface area contributed by atoms with Crippen molar-refractivity contribution in [3.05, 3.63) is 77.6 Å². The number of nitrogens with zero attached hydrogens (tertiary/aromatic N) is 1. The van der Waals surface area contributed by atoms with Gasteiger partial charge in [-0.1, -0.05) is 49.4 Å². The van der Waals surface area contributed by atoms with Crippen LogP contribution in [0.25, 0.3) is 10.8 Å². The highest BCUT2D eigenvalue weighted by Gasteiger charge is 2.14. The fourth-order valence-electron chi connectivity index (χ4n) is 2.51. The molecule has 0 atom stereocenters. The summed E-state index contributed by atoms with van der Waals surface area (Å²) < 4.78 is 0. The largest absolute Gasteiger partial charge is 0.289 e. The average Bonchev–Trinajstić information content (AvgIpc) is 2.53. The van der Waals surface area contributed by atoms with Crippen LogP contribution in [0.1, 0.15) is 28.4 Å². The third-order valence-electron chi connectivity index (χ3n) is 3.57. The van der Waals surface area contributed by atoms with Crippen LogP contribution in [0.2, 0.25) is 0 Å². The first kappa shape index (κ1) is 12.5. The number of hydrogen-bond donors (Lipinski definition) is 0. The predicted molar refractivity (Wildman–Crippen MR) is 81.0 cm³/mol. The molecule has 0 unspecified atom stereocenters. The standard InChI is InChI=1S/C18H15NO/c1-2-13-6-3-4-8-15(13)18(20)16-9-5-7-14-10-11-19-12-17(14)16/h3-12H,2H2,1H3. The lowest BCUT2D eigenvalue weighted by Crippen LogP contribution is -2.05. The van der Waals surface area contributed by atoms with E-state index in [1.807, 2.05) is 48.5 Å². The van der Waals surface area contributed by atoms with Crippen molar-refractivity contribution in [2.24, 2.45) is 0 Å². The van der Waals surface area contributed by atoms with Crippen LogP contribution in [0.3, 0.4) is 0 Å². The number of aromatic nitrogens is 1. The molecule has 0 saturated heterocycles. The highest BCUT2D eigenvalue weighted by Crippen LogP contribution is 2.22. The maximum Gasteiger partial charge on any atom is 0.193 e. The Balaban J connectivity index is 2.18. The molecule has 1 heterocycles. The SMILES string of the molecule is CCc1ccccc1C(=O)c1cccc2ccncc12. The molecule has 0 spiro atoms. The minimum Gasteiger partial charge on any atom is -0.289 e. The van der Waals surface area contributed by atoms with Gasteiger partial charge >= 0.3 is 0 Å². The van der Waals surface area contributed by atoms with E-state index < -0.39 is 0 Å². The van der Waals surface area contributed by atoms with Crippen LogP contribution in [0.5, 0.6) is 0 Å². The van der Waals surface area contributed by atoms with E-state index in [9.17, 15) is 4.79 Å². The molecular weight excluding hydrogens is 246 g/mol. The van der Waals surface area contributed by atoms with Crippen molar-refractivity contribution in [3.63, 3.8) is 0 Å². The first-order chi connectivity index (χ1) is 9.81. The smallest absolute Gasteiger partial charge is 0.193 e. The second-order valence-electron chi connectivity index (χ2n) is 4.74. The Labute approximate surface area is 118 Å². The quantitative estimate of drug-likeness (QED) is 0.666. The van der Waals surface area contributed by atoms with Crippen molar-refractivity contribution >= 4 is 16.6 Å². The zero-order valence-corrected chi connectivity index (χ0v) is 11.3. The van der Waals surface area contributed by atoms with E-state index in [0.29, 0.717) is 0 Å². The van der Waals surface area contributed by atoms with Crippen molar-refractivity contribution in [1.82, 2.24) is 4.98 Å². The lowest BCUT2D eigenvalue weighted by molar-refractivity contribution is 0.103. The van der Waals surface area contributed by atoms with E-state index in [2.05, 4.69) is 11.9 Å². The number of hydrogen-bond acceptors (Lipinski definition) is 2. The fourth-order valence-corrected chi connectivity index (χ4v) is 2.51. The van der Waals surface area contributed by atoms with Crippen molar-refractivity contribution in [1.29, 1.82) is 0 Å². The summed E-state index contributed by atoms with van der Waals surface area (Å²) in [7, 11) is 0. The van der Waals surface area contributed by atoms with Crippen LogP contribution in [-0.4, -0.2) is 10.8 Å². The summed E-state index contributed by atoms with van der Waals surface area (Å²) in [6.45, 7) is 2.07. The molecule has 3 aromatic rings. The molecule has 2 aromatic carbocycles. The summed E-state index contributed by atoms with van der Waals surface area (Å²) >= 11 is 0. The summed E-state index contributed by atoms with van der Waals surface area (Å²) in [6.07, 6.45) is 4.36. The third kappa shape index (κ3) is 2.10. The van der Waals surface area contributed by atoms with Gasteiger partial charge in [-0.15, -0.1) is 0 Å². The second-order valence-corrected chi connectivity index (χ2v) is 4.74. The third-order valence-corrected chi connectivity index (χ3v) is 3.57. The Hall–Kier alpha value is -2.48. The van der Waals surface area contributed by atoms with Crippen LogP contribution in [0.4, 0.5) is 0 Å². The molecule has 1 aromatic heterocycles. The van der Waals surface area contributed by atoms with Crippen molar-refractivity contribution in [2.75, 3.05) is 0 Å². The van der Waals surface area contributed by atoms with E-state index in [1.165, 1.54) is 0 Å². The summed E-state index contributed by atoms with van der Waals surface area (Å²) in [5.74, 6) is 0.0704. The van der Waals surface area contributed by atoms with Crippen molar-refractivity contribution < 1.29 is 4.79 Å². The topological polar surface area (TPSA) is 30.0 Å². The van der Waals surface area contributed by atoms with Crippen LogP contribution in [0, 0.1) is 0 Å². The average molecular weight is 261 g/mol. The van der Waals surface area contributed by atoms with Gasteiger partial charge in [0.15, 0.2) is 5.78 Å². The predicted octanol–water partition coefficient (Wildman–Crippen LogP) is 4.03. The molecule has 3 rings (SSSR count). The van der Waals surface area contributed by atoms with Crippen LogP contribution in [-0.2, 0) is 6.42 Å². The van der Waals surface area contributed by atoms with Gasteiger partial charge in [0.1, 0.15) is 0 Å². The van der Waals surface area contributed by atoms with Crippen LogP contribution < -0.4 is 0 Å². The fraction of sp³-hybridized carbons (Fsp3) is 0.111. The maximum atomic E-state index is 12.8. The maximum absolute atomic E-state index is 12.8. The van der Waals surface area contributed by atoms with Crippen LogP contribution >= 0.6 is 0 Å². The van der Waals surface area contributed by atoms with Gasteiger partial charge in [0, 0.05) is 28.9 Å². The zero-order chi connectivity index (χ0) is 13.9. The Morgan fingerprint density at radius 1 is 1.00 bits per heavy atom. The minimum absolute atomic E-state index is 0.0704. The van der Waals surface area contributed by atoms with Gasteiger partial charge in [-0.3, -0.25) is 9.78 Å². The molecule has 0 aliphatic rings. The number of carbonyl (C=O) groups excluding carboxylic acids is 1. The van der Waals surface area contributed by atoms with Crippen LogP contribution in [0.15, 0.2) is 60.9 Å². The number of ketones is 1. The Morgan fingerprint density at radius 3 is 2.65 bits per heavy atom. The Morgan fingerprint density at radius 2 is 1.80 bits per heavy atom. The highest BCUT2D eigenvalue weighted by molar-refractivity contribution is 6.16. The number of pyridine rings is 1. The van der Waals surface area contributed by atoms with E-state index in [4.69, 9.17) is 0 Å². The highest BCUT2D eigenvalue weighted by atomic mass is 16.1. The first-order valence-corrected chi connectivity index (χ1v) is 6.76. The lowest BCUT2D eigenvalue weighted by Gasteiger charge is -2.09. The van der Waals surface area contributed by atoms with Crippen molar-refractivity contribution in [3.8, 4) is 0 Å². The van der Waals surface area contributed by atoms with Gasteiger partial charge in [-0.25, -0.2) is 0 Å². The van der Waals surface area contributed by atoms with Gasteiger partial charge in [-0.2, -0.15) is 0 Å². The van der Waals surface area contributed by atoms with Crippen molar-refractivity contribution in [2.45, 2.75) is 13.3 Å². The Kier molecular flexibility index (Phi) is 3.30. The molecule has 0 radical (unpaired) electrons. The molecule has 0 aliphatic heterocycles. The van der Waals surface area contributed by atoms with Gasteiger partial charge in [-0.05, 0) is 23.4 Å². The minimum atomic E-state index is 0.0704. The molecule has 0 bridgehead atoms. The summed E-state index contributed by atoms with van der Waals surface area (Å²) in [5, 5.41) is 1.95. The first-order valence-electron chi connectivity index (χ1n) is 6.76. The molecule has 0 amide bonds. The molecule has 0 fully saturated rings. The van der Waals surface area contributed by atoms with E-state index in [-0.39, 0.29) is 5.78 Å². The zero-order valence-electron chi connectivity index (χ0n) is 11.3. The molecule has 0 N–H and O–H groups in total. The molecule has 20 heavy (non-hydrogen) atoms. The van der Waals surface area contributed by atoms with E-state index in [0.717, 1.165) is 33.9 Å². The van der Waals surface area contributed by atoms with E-state index in [1.54, 1.807) is 12.4 Å². The Bertz CT molecular complexity index is 772. The molecule has 98 valence electrons. The van der Waals surface area contributed by atoms with E-state index >= 15 is 0 Å². The van der Waals surface area contributed by atoms with Gasteiger partial charge < -0.3 is 0 Å². The number of carbonyl (C=O) groups is 1. The monoisotopic (exact) mass is 261 g/mol. The second kappa shape index (κ2) is 5.25. The summed E-state index contributed by atoms with van der Waals surface area (Å²) in [6, 6.07) is 15.5. The molecule has 0 aliphatic carbocycles. The summed E-state index contributed by atoms with van der Waals surface area (Å²) in [4.78, 5) is 17.0. The van der Waals surface area contributed by atoms with Gasteiger partial charge in [0.2, 0.25) is 0 Å². The number of fused-ring (bicyclic) bond motifs is 1. The normalized spacial score (nSPS) is 10.7. The number of benzene rings is 2. The molecule has 2 nitrogen and oxygen atoms in total. The molecule has 2 heteroatoms. The number of aryl methyl sites for hydroxylation is 1.